The van der Waals surface area contributed by atoms with Crippen LogP contribution in [0.3, 0.4) is 0 Å². The van der Waals surface area contributed by atoms with E-state index in [-0.39, 0.29) is 11.9 Å². The van der Waals surface area contributed by atoms with Gasteiger partial charge in [-0.2, -0.15) is 4.31 Å². The summed E-state index contributed by atoms with van der Waals surface area (Å²) in [5.41, 5.74) is 5.94. The lowest BCUT2D eigenvalue weighted by molar-refractivity contribution is -0.136. The molecule has 0 spiro atoms. The molecule has 0 bridgehead atoms. The summed E-state index contributed by atoms with van der Waals surface area (Å²) in [6.45, 7) is 3.80. The largest absolute Gasteiger partial charge is 0.341 e. The van der Waals surface area contributed by atoms with Gasteiger partial charge in [0.2, 0.25) is 15.9 Å². The van der Waals surface area contributed by atoms with Gasteiger partial charge in [0.1, 0.15) is 6.04 Å². The van der Waals surface area contributed by atoms with Crippen molar-refractivity contribution in [3.63, 3.8) is 0 Å². The SMILES string of the molecule is CC(N)C1CCCN(C(=O)C2CCCN2S(C)(=O)=O)C1. The van der Waals surface area contributed by atoms with Gasteiger partial charge >= 0.3 is 0 Å². The summed E-state index contributed by atoms with van der Waals surface area (Å²) in [7, 11) is -3.30. The number of likely N-dealkylation sites (tertiary alicyclic amines) is 1. The molecule has 0 aromatic heterocycles. The highest BCUT2D eigenvalue weighted by molar-refractivity contribution is 7.88. The molecule has 0 aliphatic carbocycles. The molecule has 6 nitrogen and oxygen atoms in total. The normalized spacial score (nSPS) is 30.4. The second-order valence-corrected chi connectivity index (χ2v) is 8.01. The summed E-state index contributed by atoms with van der Waals surface area (Å²) >= 11 is 0. The number of carbonyl (C=O) groups excluding carboxylic acids is 1. The van der Waals surface area contributed by atoms with Crippen molar-refractivity contribution in [1.82, 2.24) is 9.21 Å². The number of amides is 1. The van der Waals surface area contributed by atoms with Gasteiger partial charge in [-0.3, -0.25) is 4.79 Å². The van der Waals surface area contributed by atoms with Crippen molar-refractivity contribution in [2.24, 2.45) is 11.7 Å². The fourth-order valence-corrected chi connectivity index (χ4v) is 4.35. The van der Waals surface area contributed by atoms with Crippen LogP contribution in [0.2, 0.25) is 0 Å². The van der Waals surface area contributed by atoms with Gasteiger partial charge in [-0.15, -0.1) is 0 Å². The smallest absolute Gasteiger partial charge is 0.241 e. The highest BCUT2D eigenvalue weighted by Gasteiger charge is 2.39. The van der Waals surface area contributed by atoms with Gasteiger partial charge in [0.25, 0.3) is 0 Å². The zero-order valence-corrected chi connectivity index (χ0v) is 13.1. The Labute approximate surface area is 121 Å². The molecule has 2 aliphatic rings. The third-order valence-corrected chi connectivity index (χ3v) is 5.72. The number of hydrogen-bond donors (Lipinski definition) is 1. The number of nitrogens with zero attached hydrogens (tertiary/aromatic N) is 2. The van der Waals surface area contributed by atoms with E-state index in [0.717, 1.165) is 25.8 Å². The van der Waals surface area contributed by atoms with Gasteiger partial charge in [-0.05, 0) is 38.5 Å². The van der Waals surface area contributed by atoms with E-state index in [4.69, 9.17) is 5.73 Å². The first kappa shape index (κ1) is 15.7. The lowest BCUT2D eigenvalue weighted by Crippen LogP contribution is -2.52. The molecule has 2 aliphatic heterocycles. The Kier molecular flexibility index (Phi) is 4.71. The van der Waals surface area contributed by atoms with Crippen molar-refractivity contribution in [2.75, 3.05) is 25.9 Å². The maximum absolute atomic E-state index is 12.6. The van der Waals surface area contributed by atoms with E-state index in [9.17, 15) is 13.2 Å². The van der Waals surface area contributed by atoms with E-state index in [1.54, 1.807) is 0 Å². The zero-order valence-electron chi connectivity index (χ0n) is 12.3. The average molecular weight is 303 g/mol. The second-order valence-electron chi connectivity index (χ2n) is 6.08. The van der Waals surface area contributed by atoms with Gasteiger partial charge in [-0.25, -0.2) is 8.42 Å². The highest BCUT2D eigenvalue weighted by atomic mass is 32.2. The fourth-order valence-electron chi connectivity index (χ4n) is 3.23. The Morgan fingerprint density at radius 1 is 1.25 bits per heavy atom. The van der Waals surface area contributed by atoms with Crippen LogP contribution >= 0.6 is 0 Å². The first-order valence-corrected chi connectivity index (χ1v) is 9.16. The minimum absolute atomic E-state index is 0.0433. The van der Waals surface area contributed by atoms with E-state index in [1.165, 1.54) is 10.6 Å². The number of nitrogens with two attached hydrogens (primary N) is 1. The monoisotopic (exact) mass is 303 g/mol. The summed E-state index contributed by atoms with van der Waals surface area (Å²) < 4.78 is 24.8. The standard InChI is InChI=1S/C13H25N3O3S/c1-10(14)11-5-3-7-15(9-11)13(17)12-6-4-8-16(12)20(2,18)19/h10-12H,3-9,14H2,1-2H3. The van der Waals surface area contributed by atoms with E-state index >= 15 is 0 Å². The van der Waals surface area contributed by atoms with Gasteiger partial charge in [0.15, 0.2) is 0 Å². The van der Waals surface area contributed by atoms with E-state index < -0.39 is 16.1 Å². The third kappa shape index (κ3) is 3.32. The first-order chi connectivity index (χ1) is 9.30. The number of piperidine rings is 1. The highest BCUT2D eigenvalue weighted by Crippen LogP contribution is 2.25. The van der Waals surface area contributed by atoms with Gasteiger partial charge < -0.3 is 10.6 Å². The Bertz CT molecular complexity index is 463. The molecule has 0 aromatic carbocycles. The maximum Gasteiger partial charge on any atom is 0.241 e. The van der Waals surface area contributed by atoms with E-state index in [0.29, 0.717) is 25.4 Å². The Hall–Kier alpha value is -0.660. The van der Waals surface area contributed by atoms with Crippen molar-refractivity contribution in [1.29, 1.82) is 0 Å². The molecule has 2 fully saturated rings. The Balaban J connectivity index is 2.07. The molecule has 2 N–H and O–H groups in total. The minimum Gasteiger partial charge on any atom is -0.341 e. The molecule has 3 unspecified atom stereocenters. The van der Waals surface area contributed by atoms with Crippen LogP contribution in [0.4, 0.5) is 0 Å². The van der Waals surface area contributed by atoms with E-state index in [2.05, 4.69) is 0 Å². The number of hydrogen-bond acceptors (Lipinski definition) is 4. The van der Waals surface area contributed by atoms with Crippen LogP contribution in [0.1, 0.15) is 32.6 Å². The average Bonchev–Trinajstić information content (AvgIpc) is 2.87. The predicted molar refractivity (Wildman–Crippen MR) is 77.5 cm³/mol. The third-order valence-electron chi connectivity index (χ3n) is 4.43. The summed E-state index contributed by atoms with van der Waals surface area (Å²) in [5.74, 6) is 0.277. The molecule has 2 rings (SSSR count). The predicted octanol–water partition coefficient (Wildman–Crippen LogP) is -0.00380. The van der Waals surface area contributed by atoms with Gasteiger partial charge in [0.05, 0.1) is 6.26 Å². The molecule has 0 radical (unpaired) electrons. The Morgan fingerprint density at radius 2 is 1.90 bits per heavy atom. The van der Waals surface area contributed by atoms with Gasteiger partial charge in [-0.1, -0.05) is 0 Å². The lowest BCUT2D eigenvalue weighted by atomic mass is 9.92. The molecule has 20 heavy (non-hydrogen) atoms. The molecule has 0 saturated carbocycles. The van der Waals surface area contributed by atoms with Crippen LogP contribution in [0.5, 0.6) is 0 Å². The molecule has 2 heterocycles. The number of carbonyl (C=O) groups is 1. The molecule has 3 atom stereocenters. The van der Waals surface area contributed by atoms with Crippen LogP contribution in [0, 0.1) is 5.92 Å². The number of sulfonamides is 1. The number of rotatable bonds is 3. The maximum atomic E-state index is 12.6. The van der Waals surface area contributed by atoms with Crippen LogP contribution in [-0.4, -0.2) is 61.5 Å². The van der Waals surface area contributed by atoms with E-state index in [1.807, 2.05) is 11.8 Å². The summed E-state index contributed by atoms with van der Waals surface area (Å²) in [5, 5.41) is 0. The lowest BCUT2D eigenvalue weighted by Gasteiger charge is -2.37. The molecule has 116 valence electrons. The van der Waals surface area contributed by atoms with Crippen LogP contribution < -0.4 is 5.73 Å². The first-order valence-electron chi connectivity index (χ1n) is 7.32. The van der Waals surface area contributed by atoms with Crippen LogP contribution in [0.15, 0.2) is 0 Å². The Morgan fingerprint density at radius 3 is 2.50 bits per heavy atom. The van der Waals surface area contributed by atoms with Crippen molar-refractivity contribution >= 4 is 15.9 Å². The van der Waals surface area contributed by atoms with Crippen molar-refractivity contribution in [2.45, 2.75) is 44.7 Å². The molecule has 7 heteroatoms. The van der Waals surface area contributed by atoms with Crippen LogP contribution in [0.25, 0.3) is 0 Å². The molecule has 2 saturated heterocycles. The molecular formula is C13H25N3O3S. The summed E-state index contributed by atoms with van der Waals surface area (Å²) in [6.07, 6.45) is 4.56. The topological polar surface area (TPSA) is 83.7 Å². The van der Waals surface area contributed by atoms with Crippen molar-refractivity contribution in [3.8, 4) is 0 Å². The minimum atomic E-state index is -3.30. The quantitative estimate of drug-likeness (QED) is 0.795. The summed E-state index contributed by atoms with van der Waals surface area (Å²) in [4.78, 5) is 14.4. The van der Waals surface area contributed by atoms with Gasteiger partial charge in [0, 0.05) is 25.7 Å². The zero-order chi connectivity index (χ0) is 14.9. The summed E-state index contributed by atoms with van der Waals surface area (Å²) in [6, 6.07) is -0.433. The molecular weight excluding hydrogens is 278 g/mol. The van der Waals surface area contributed by atoms with Crippen molar-refractivity contribution in [3.05, 3.63) is 0 Å². The molecule has 0 aromatic rings. The molecule has 1 amide bonds. The second kappa shape index (κ2) is 5.99. The fraction of sp³-hybridized carbons (Fsp3) is 0.923. The van der Waals surface area contributed by atoms with Crippen LogP contribution in [-0.2, 0) is 14.8 Å². The van der Waals surface area contributed by atoms with Crippen molar-refractivity contribution < 1.29 is 13.2 Å².